The predicted octanol–water partition coefficient (Wildman–Crippen LogP) is 2.90. The van der Waals surface area contributed by atoms with Gasteiger partial charge < -0.3 is 15.0 Å². The zero-order chi connectivity index (χ0) is 15.5. The summed E-state index contributed by atoms with van der Waals surface area (Å²) in [5.41, 5.74) is 5.66. The second-order valence-electron chi connectivity index (χ2n) is 5.63. The van der Waals surface area contributed by atoms with Crippen molar-refractivity contribution in [2.75, 3.05) is 6.61 Å². The lowest BCUT2D eigenvalue weighted by Crippen LogP contribution is -2.41. The van der Waals surface area contributed by atoms with Crippen LogP contribution in [0.1, 0.15) is 50.7 Å². The number of halogens is 3. The maximum atomic E-state index is 12.0. The molecule has 0 radical (unpaired) electrons. The molecule has 5 nitrogen and oxygen atoms in total. The van der Waals surface area contributed by atoms with Crippen molar-refractivity contribution in [3.05, 3.63) is 11.7 Å². The Kier molecular flexibility index (Phi) is 4.88. The van der Waals surface area contributed by atoms with Crippen LogP contribution < -0.4 is 5.73 Å². The first-order chi connectivity index (χ1) is 9.82. The molecule has 0 amide bonds. The summed E-state index contributed by atoms with van der Waals surface area (Å²) in [6.07, 6.45) is 0.278. The third-order valence-corrected chi connectivity index (χ3v) is 3.98. The second kappa shape index (κ2) is 6.31. The lowest BCUT2D eigenvalue weighted by atomic mass is 9.76. The van der Waals surface area contributed by atoms with Crippen LogP contribution in [0.3, 0.4) is 0 Å². The molecule has 0 spiro atoms. The van der Waals surface area contributed by atoms with Crippen LogP contribution in [0.2, 0.25) is 0 Å². The maximum Gasteiger partial charge on any atom is 0.411 e. The number of ether oxygens (including phenoxy) is 1. The van der Waals surface area contributed by atoms with Gasteiger partial charge in [0, 0.05) is 0 Å². The van der Waals surface area contributed by atoms with Gasteiger partial charge in [-0.3, -0.25) is 0 Å². The van der Waals surface area contributed by atoms with Crippen LogP contribution in [-0.2, 0) is 16.9 Å². The maximum absolute atomic E-state index is 12.0. The lowest BCUT2D eigenvalue weighted by molar-refractivity contribution is -0.178. The quantitative estimate of drug-likeness (QED) is 0.905. The topological polar surface area (TPSA) is 74.2 Å². The molecule has 0 saturated heterocycles. The molecule has 2 N–H and O–H groups in total. The van der Waals surface area contributed by atoms with Gasteiger partial charge in [0.1, 0.15) is 13.2 Å². The fourth-order valence-electron chi connectivity index (χ4n) is 2.59. The van der Waals surface area contributed by atoms with E-state index < -0.39 is 18.3 Å². The van der Waals surface area contributed by atoms with Gasteiger partial charge in [0.2, 0.25) is 0 Å². The van der Waals surface area contributed by atoms with Crippen LogP contribution >= 0.6 is 0 Å². The summed E-state index contributed by atoms with van der Waals surface area (Å²) in [7, 11) is 0. The average molecular weight is 307 g/mol. The molecular weight excluding hydrogens is 287 g/mol. The van der Waals surface area contributed by atoms with E-state index in [4.69, 9.17) is 10.3 Å². The Labute approximate surface area is 121 Å². The second-order valence-corrected chi connectivity index (χ2v) is 5.63. The highest BCUT2D eigenvalue weighted by Crippen LogP contribution is 2.37. The molecule has 1 aliphatic rings. The number of alkyl halides is 3. The first-order valence-electron chi connectivity index (χ1n) is 7.09. The normalized spacial score (nSPS) is 27.0. The van der Waals surface area contributed by atoms with Crippen LogP contribution in [-0.4, -0.2) is 22.9 Å². The molecule has 0 aliphatic heterocycles. The minimum Gasteiger partial charge on any atom is -0.362 e. The van der Waals surface area contributed by atoms with Crippen LogP contribution in [0.15, 0.2) is 4.52 Å². The highest BCUT2D eigenvalue weighted by atomic mass is 19.4. The molecule has 0 atom stereocenters. The summed E-state index contributed by atoms with van der Waals surface area (Å²) >= 11 is 0. The molecule has 120 valence electrons. The van der Waals surface area contributed by atoms with E-state index in [1.165, 1.54) is 0 Å². The summed E-state index contributed by atoms with van der Waals surface area (Å²) in [5.74, 6) is 1.06. The fraction of sp³-hybridized carbons (Fsp3) is 0.846. The van der Waals surface area contributed by atoms with E-state index in [0.717, 1.165) is 32.1 Å². The number of rotatable bonds is 5. The molecule has 0 aromatic carbocycles. The highest BCUT2D eigenvalue weighted by molar-refractivity contribution is 5.05. The molecule has 2 rings (SSSR count). The van der Waals surface area contributed by atoms with Crippen molar-refractivity contribution >= 4 is 0 Å². The van der Waals surface area contributed by atoms with E-state index >= 15 is 0 Å². The van der Waals surface area contributed by atoms with Gasteiger partial charge in [-0.15, -0.1) is 0 Å². The van der Waals surface area contributed by atoms with E-state index in [1.54, 1.807) is 0 Å². The monoisotopic (exact) mass is 307 g/mol. The molecule has 1 saturated carbocycles. The Morgan fingerprint density at radius 2 is 2.05 bits per heavy atom. The summed E-state index contributed by atoms with van der Waals surface area (Å²) in [6, 6.07) is 0. The van der Waals surface area contributed by atoms with Crippen molar-refractivity contribution in [3.8, 4) is 0 Å². The molecular formula is C13H20F3N3O2. The fourth-order valence-corrected chi connectivity index (χ4v) is 2.59. The van der Waals surface area contributed by atoms with Gasteiger partial charge >= 0.3 is 6.18 Å². The minimum absolute atomic E-state index is 0.0247. The van der Waals surface area contributed by atoms with Crippen molar-refractivity contribution < 1.29 is 22.4 Å². The Morgan fingerprint density at radius 3 is 2.62 bits per heavy atom. The molecule has 21 heavy (non-hydrogen) atoms. The Hall–Kier alpha value is -1.15. The average Bonchev–Trinajstić information content (AvgIpc) is 2.88. The Balaban J connectivity index is 1.90. The van der Waals surface area contributed by atoms with Crippen molar-refractivity contribution in [3.63, 3.8) is 0 Å². The lowest BCUT2D eigenvalue weighted by Gasteiger charge is -2.34. The summed E-state index contributed by atoms with van der Waals surface area (Å²) in [4.78, 5) is 4.08. The van der Waals surface area contributed by atoms with E-state index in [0.29, 0.717) is 11.7 Å². The zero-order valence-corrected chi connectivity index (χ0v) is 11.9. The number of aromatic nitrogens is 2. The van der Waals surface area contributed by atoms with Crippen LogP contribution in [0.5, 0.6) is 0 Å². The molecule has 1 fully saturated rings. The van der Waals surface area contributed by atoms with E-state index in [1.807, 2.05) is 0 Å². The SMILES string of the molecule is CCC1CCC(N)(c2noc(COCC(F)(F)F)n2)CC1. The zero-order valence-electron chi connectivity index (χ0n) is 11.9. The number of nitrogens with zero attached hydrogens (tertiary/aromatic N) is 2. The number of hydrogen-bond donors (Lipinski definition) is 1. The standard InChI is InChI=1S/C13H20F3N3O2/c1-2-9-3-5-12(17,6-4-9)11-18-10(21-19-11)7-20-8-13(14,15)16/h9H,2-8,17H2,1H3. The number of hydrogen-bond acceptors (Lipinski definition) is 5. The van der Waals surface area contributed by atoms with Gasteiger partial charge in [-0.25, -0.2) is 0 Å². The largest absolute Gasteiger partial charge is 0.411 e. The van der Waals surface area contributed by atoms with Gasteiger partial charge in [-0.2, -0.15) is 18.2 Å². The third-order valence-electron chi connectivity index (χ3n) is 3.98. The molecule has 1 aliphatic carbocycles. The molecule has 1 aromatic heterocycles. The predicted molar refractivity (Wildman–Crippen MR) is 68.1 cm³/mol. The Morgan fingerprint density at radius 1 is 1.38 bits per heavy atom. The first kappa shape index (κ1) is 16.2. The number of nitrogens with two attached hydrogens (primary N) is 1. The van der Waals surface area contributed by atoms with Crippen molar-refractivity contribution in [2.24, 2.45) is 11.7 Å². The van der Waals surface area contributed by atoms with Crippen LogP contribution in [0, 0.1) is 5.92 Å². The first-order valence-corrected chi connectivity index (χ1v) is 7.09. The van der Waals surface area contributed by atoms with Gasteiger partial charge in [0.15, 0.2) is 5.82 Å². The highest BCUT2D eigenvalue weighted by Gasteiger charge is 2.37. The van der Waals surface area contributed by atoms with Crippen molar-refractivity contribution in [2.45, 2.75) is 57.3 Å². The van der Waals surface area contributed by atoms with Gasteiger partial charge in [-0.1, -0.05) is 18.5 Å². The van der Waals surface area contributed by atoms with Crippen LogP contribution in [0.25, 0.3) is 0 Å². The van der Waals surface area contributed by atoms with E-state index in [2.05, 4.69) is 21.8 Å². The van der Waals surface area contributed by atoms with Gasteiger partial charge in [0.25, 0.3) is 5.89 Å². The molecule has 1 aromatic rings. The third kappa shape index (κ3) is 4.41. The molecule has 1 heterocycles. The Bertz CT molecular complexity index is 454. The summed E-state index contributed by atoms with van der Waals surface area (Å²) in [6.45, 7) is 0.454. The van der Waals surface area contributed by atoms with Gasteiger partial charge in [-0.05, 0) is 31.6 Å². The molecule has 0 bridgehead atoms. The van der Waals surface area contributed by atoms with Crippen molar-refractivity contribution in [1.82, 2.24) is 10.1 Å². The van der Waals surface area contributed by atoms with Crippen LogP contribution in [0.4, 0.5) is 13.2 Å². The summed E-state index contributed by atoms with van der Waals surface area (Å²) in [5, 5.41) is 3.81. The molecule has 0 unspecified atom stereocenters. The van der Waals surface area contributed by atoms with E-state index in [-0.39, 0.29) is 12.5 Å². The molecule has 8 heteroatoms. The van der Waals surface area contributed by atoms with Gasteiger partial charge in [0.05, 0.1) is 5.54 Å². The van der Waals surface area contributed by atoms with E-state index in [9.17, 15) is 13.2 Å². The van der Waals surface area contributed by atoms with Crippen molar-refractivity contribution in [1.29, 1.82) is 0 Å². The summed E-state index contributed by atoms with van der Waals surface area (Å²) < 4.78 is 45.3. The minimum atomic E-state index is -4.36. The smallest absolute Gasteiger partial charge is 0.362 e.